The number of carbonyl (C=O) groups excluding carboxylic acids is 2. The molecular weight excluding hydrogens is 351 g/mol. The SMILES string of the molecule is CCN(CC(=O)NC(C)c1ccc(Cl)cc1Cl)CC(C)C(=O)OC. The van der Waals surface area contributed by atoms with Gasteiger partial charge in [-0.2, -0.15) is 0 Å². The number of likely N-dealkylation sites (N-methyl/N-ethyl adjacent to an activating group) is 1. The third-order valence-electron chi connectivity index (χ3n) is 3.76. The van der Waals surface area contributed by atoms with E-state index in [9.17, 15) is 9.59 Å². The summed E-state index contributed by atoms with van der Waals surface area (Å²) in [6.07, 6.45) is 0. The highest BCUT2D eigenvalue weighted by Crippen LogP contribution is 2.26. The zero-order valence-corrected chi connectivity index (χ0v) is 15.9. The molecule has 2 unspecified atom stereocenters. The van der Waals surface area contributed by atoms with E-state index in [1.165, 1.54) is 7.11 Å². The second-order valence-corrected chi connectivity index (χ2v) is 6.55. The minimum absolute atomic E-state index is 0.132. The number of nitrogens with zero attached hydrogens (tertiary/aromatic N) is 1. The predicted octanol–water partition coefficient (Wildman–Crippen LogP) is 3.30. The molecule has 5 nitrogen and oxygen atoms in total. The minimum atomic E-state index is -0.286. The highest BCUT2D eigenvalue weighted by Gasteiger charge is 2.20. The fraction of sp³-hybridized carbons (Fsp3) is 0.529. The second kappa shape index (κ2) is 9.87. The Morgan fingerprint density at radius 1 is 1.29 bits per heavy atom. The van der Waals surface area contributed by atoms with Gasteiger partial charge in [-0.25, -0.2) is 0 Å². The summed E-state index contributed by atoms with van der Waals surface area (Å²) < 4.78 is 4.72. The largest absolute Gasteiger partial charge is 0.469 e. The van der Waals surface area contributed by atoms with E-state index in [0.717, 1.165) is 5.56 Å². The van der Waals surface area contributed by atoms with Crippen LogP contribution in [0.1, 0.15) is 32.4 Å². The number of carbonyl (C=O) groups is 2. The molecule has 1 amide bonds. The molecule has 0 aromatic heterocycles. The highest BCUT2D eigenvalue weighted by atomic mass is 35.5. The van der Waals surface area contributed by atoms with Gasteiger partial charge in [0, 0.05) is 16.6 Å². The molecule has 0 aliphatic rings. The first-order valence-electron chi connectivity index (χ1n) is 7.82. The minimum Gasteiger partial charge on any atom is -0.469 e. The number of hydrogen-bond donors (Lipinski definition) is 1. The van der Waals surface area contributed by atoms with Crippen LogP contribution in [-0.2, 0) is 14.3 Å². The van der Waals surface area contributed by atoms with Gasteiger partial charge in [-0.3, -0.25) is 14.5 Å². The van der Waals surface area contributed by atoms with Crippen molar-refractivity contribution in [3.8, 4) is 0 Å². The van der Waals surface area contributed by atoms with Gasteiger partial charge in [0.1, 0.15) is 0 Å². The summed E-state index contributed by atoms with van der Waals surface area (Å²) >= 11 is 12.0. The maximum atomic E-state index is 12.3. The van der Waals surface area contributed by atoms with Crippen LogP contribution >= 0.6 is 23.2 Å². The normalized spacial score (nSPS) is 13.5. The van der Waals surface area contributed by atoms with E-state index in [4.69, 9.17) is 27.9 Å². The molecule has 0 fully saturated rings. The van der Waals surface area contributed by atoms with E-state index < -0.39 is 0 Å². The van der Waals surface area contributed by atoms with Crippen molar-refractivity contribution in [3.05, 3.63) is 33.8 Å². The third kappa shape index (κ3) is 6.30. The van der Waals surface area contributed by atoms with Gasteiger partial charge in [0.15, 0.2) is 0 Å². The summed E-state index contributed by atoms with van der Waals surface area (Å²) in [5.74, 6) is -0.700. The molecule has 0 aliphatic carbocycles. The number of benzene rings is 1. The lowest BCUT2D eigenvalue weighted by Crippen LogP contribution is -2.41. The van der Waals surface area contributed by atoms with Gasteiger partial charge in [0.2, 0.25) is 5.91 Å². The molecule has 0 heterocycles. The molecule has 7 heteroatoms. The van der Waals surface area contributed by atoms with Crippen LogP contribution in [0, 0.1) is 5.92 Å². The third-order valence-corrected chi connectivity index (χ3v) is 4.32. The van der Waals surface area contributed by atoms with Gasteiger partial charge >= 0.3 is 5.97 Å². The van der Waals surface area contributed by atoms with E-state index in [2.05, 4.69) is 5.32 Å². The average Bonchev–Trinajstić information content (AvgIpc) is 2.52. The monoisotopic (exact) mass is 374 g/mol. The number of nitrogens with one attached hydrogen (secondary N) is 1. The quantitative estimate of drug-likeness (QED) is 0.709. The Morgan fingerprint density at radius 2 is 1.96 bits per heavy atom. The first-order valence-corrected chi connectivity index (χ1v) is 8.58. The summed E-state index contributed by atoms with van der Waals surface area (Å²) in [5, 5.41) is 3.98. The Morgan fingerprint density at radius 3 is 2.50 bits per heavy atom. The average molecular weight is 375 g/mol. The van der Waals surface area contributed by atoms with Crippen LogP contribution in [0.3, 0.4) is 0 Å². The molecule has 1 aromatic rings. The molecule has 2 atom stereocenters. The lowest BCUT2D eigenvalue weighted by atomic mass is 10.1. The van der Waals surface area contributed by atoms with E-state index >= 15 is 0 Å². The summed E-state index contributed by atoms with van der Waals surface area (Å²) in [6.45, 7) is 6.91. The predicted molar refractivity (Wildman–Crippen MR) is 96.3 cm³/mol. The van der Waals surface area contributed by atoms with Crippen molar-refractivity contribution in [3.63, 3.8) is 0 Å². The number of ether oxygens (including phenoxy) is 1. The standard InChI is InChI=1S/C17H24Cl2N2O3/c1-5-21(9-11(2)17(23)24-4)10-16(22)20-12(3)14-7-6-13(18)8-15(14)19/h6-8,11-12H,5,9-10H2,1-4H3,(H,20,22). The van der Waals surface area contributed by atoms with Crippen molar-refractivity contribution >= 4 is 35.1 Å². The molecule has 24 heavy (non-hydrogen) atoms. The number of halogens is 2. The summed E-state index contributed by atoms with van der Waals surface area (Å²) in [7, 11) is 1.36. The van der Waals surface area contributed by atoms with Crippen LogP contribution in [0.25, 0.3) is 0 Å². The maximum Gasteiger partial charge on any atom is 0.309 e. The molecule has 0 radical (unpaired) electrons. The van der Waals surface area contributed by atoms with Gasteiger partial charge in [-0.05, 0) is 31.2 Å². The van der Waals surface area contributed by atoms with Crippen LogP contribution in [0.4, 0.5) is 0 Å². The van der Waals surface area contributed by atoms with E-state index in [1.807, 2.05) is 18.7 Å². The Bertz CT molecular complexity index is 581. The second-order valence-electron chi connectivity index (χ2n) is 5.71. The molecule has 0 saturated carbocycles. The molecule has 1 aromatic carbocycles. The summed E-state index contributed by atoms with van der Waals surface area (Å²) in [6, 6.07) is 4.95. The summed E-state index contributed by atoms with van der Waals surface area (Å²) in [5.41, 5.74) is 0.806. The molecule has 0 aliphatic heterocycles. The fourth-order valence-corrected chi connectivity index (χ4v) is 2.96. The van der Waals surface area contributed by atoms with E-state index in [0.29, 0.717) is 23.1 Å². The van der Waals surface area contributed by atoms with E-state index in [1.54, 1.807) is 25.1 Å². The number of esters is 1. The van der Waals surface area contributed by atoms with Crippen molar-refractivity contribution < 1.29 is 14.3 Å². The number of hydrogen-bond acceptors (Lipinski definition) is 4. The van der Waals surface area contributed by atoms with Crippen molar-refractivity contribution in [2.24, 2.45) is 5.92 Å². The highest BCUT2D eigenvalue weighted by molar-refractivity contribution is 6.35. The van der Waals surface area contributed by atoms with Gasteiger partial charge < -0.3 is 10.1 Å². The lowest BCUT2D eigenvalue weighted by Gasteiger charge is -2.24. The molecule has 1 rings (SSSR count). The van der Waals surface area contributed by atoms with Crippen molar-refractivity contribution in [1.29, 1.82) is 0 Å². The lowest BCUT2D eigenvalue weighted by molar-refractivity contribution is -0.145. The Kier molecular flexibility index (Phi) is 8.53. The van der Waals surface area contributed by atoms with Crippen LogP contribution in [0.2, 0.25) is 10.0 Å². The number of rotatable bonds is 8. The smallest absolute Gasteiger partial charge is 0.309 e. The van der Waals surface area contributed by atoms with Gasteiger partial charge in [-0.1, -0.05) is 43.1 Å². The fourth-order valence-electron chi connectivity index (χ4n) is 2.39. The number of methoxy groups -OCH3 is 1. The first-order chi connectivity index (χ1) is 11.3. The van der Waals surface area contributed by atoms with Crippen LogP contribution < -0.4 is 5.32 Å². The molecule has 1 N–H and O–H groups in total. The zero-order chi connectivity index (χ0) is 18.3. The Balaban J connectivity index is 2.61. The molecule has 0 saturated heterocycles. The molecule has 0 spiro atoms. The maximum absolute atomic E-state index is 12.3. The Hall–Kier alpha value is -1.30. The first kappa shape index (κ1) is 20.7. The van der Waals surface area contributed by atoms with Crippen molar-refractivity contribution in [1.82, 2.24) is 10.2 Å². The van der Waals surface area contributed by atoms with Crippen LogP contribution in [0.5, 0.6) is 0 Å². The van der Waals surface area contributed by atoms with E-state index in [-0.39, 0.29) is 30.4 Å². The van der Waals surface area contributed by atoms with Gasteiger partial charge in [0.25, 0.3) is 0 Å². The molecular formula is C17H24Cl2N2O3. The Labute approximate surface area is 153 Å². The number of amides is 1. The zero-order valence-electron chi connectivity index (χ0n) is 14.4. The van der Waals surface area contributed by atoms with Crippen molar-refractivity contribution in [2.45, 2.75) is 26.8 Å². The van der Waals surface area contributed by atoms with Gasteiger partial charge in [-0.15, -0.1) is 0 Å². The van der Waals surface area contributed by atoms with Crippen molar-refractivity contribution in [2.75, 3.05) is 26.7 Å². The summed E-state index contributed by atoms with van der Waals surface area (Å²) in [4.78, 5) is 25.7. The molecule has 134 valence electrons. The topological polar surface area (TPSA) is 58.6 Å². The van der Waals surface area contributed by atoms with Crippen LogP contribution in [-0.4, -0.2) is 43.5 Å². The van der Waals surface area contributed by atoms with Crippen LogP contribution in [0.15, 0.2) is 18.2 Å². The van der Waals surface area contributed by atoms with Gasteiger partial charge in [0.05, 0.1) is 25.6 Å². The molecule has 0 bridgehead atoms.